The summed E-state index contributed by atoms with van der Waals surface area (Å²) in [5, 5.41) is 3.64. The molecule has 2 saturated heterocycles. The van der Waals surface area contributed by atoms with Crippen LogP contribution >= 0.6 is 11.6 Å². The molecule has 2 aliphatic rings. The molecule has 3 rings (SSSR count). The summed E-state index contributed by atoms with van der Waals surface area (Å²) in [7, 11) is 0. The third kappa shape index (κ3) is 3.69. The van der Waals surface area contributed by atoms with Gasteiger partial charge in [0, 0.05) is 32.4 Å². The minimum Gasteiger partial charge on any atom is -0.378 e. The molecule has 1 aromatic heterocycles. The monoisotopic (exact) mass is 325 g/mol. The van der Waals surface area contributed by atoms with E-state index in [9.17, 15) is 4.79 Å². The summed E-state index contributed by atoms with van der Waals surface area (Å²) < 4.78 is 10.8. The Morgan fingerprint density at radius 2 is 2.23 bits per heavy atom. The van der Waals surface area contributed by atoms with E-state index in [2.05, 4.69) is 10.3 Å². The zero-order valence-electron chi connectivity index (χ0n) is 12.4. The lowest BCUT2D eigenvalue weighted by Gasteiger charge is -2.26. The molecular formula is C15H20ClN3O3. The van der Waals surface area contributed by atoms with Crippen LogP contribution in [-0.2, 0) is 9.47 Å². The van der Waals surface area contributed by atoms with Crippen LogP contribution in [0.2, 0.25) is 5.02 Å². The molecule has 0 spiro atoms. The van der Waals surface area contributed by atoms with E-state index < -0.39 is 0 Å². The van der Waals surface area contributed by atoms with Crippen molar-refractivity contribution < 1.29 is 14.3 Å². The molecule has 120 valence electrons. The van der Waals surface area contributed by atoms with Crippen molar-refractivity contribution in [2.45, 2.75) is 18.9 Å². The molecule has 7 heteroatoms. The molecule has 1 aromatic rings. The highest BCUT2D eigenvalue weighted by Crippen LogP contribution is 2.22. The van der Waals surface area contributed by atoms with E-state index in [0.29, 0.717) is 49.3 Å². The molecule has 1 amide bonds. The molecule has 3 heterocycles. The normalized spacial score (nSPS) is 21.9. The number of hydrogen-bond acceptors (Lipinski definition) is 5. The number of pyridine rings is 1. The predicted molar refractivity (Wildman–Crippen MR) is 83.4 cm³/mol. The van der Waals surface area contributed by atoms with E-state index in [4.69, 9.17) is 21.1 Å². The van der Waals surface area contributed by atoms with Gasteiger partial charge in [-0.3, -0.25) is 4.79 Å². The fourth-order valence-corrected chi connectivity index (χ4v) is 2.88. The van der Waals surface area contributed by atoms with Crippen molar-refractivity contribution in [1.82, 2.24) is 9.88 Å². The Bertz CT molecular complexity index is 529. The van der Waals surface area contributed by atoms with Crippen molar-refractivity contribution in [1.29, 1.82) is 0 Å². The van der Waals surface area contributed by atoms with Crippen LogP contribution in [0, 0.1) is 0 Å². The summed E-state index contributed by atoms with van der Waals surface area (Å²) in [5.41, 5.74) is 0.509. The largest absolute Gasteiger partial charge is 0.378 e. The van der Waals surface area contributed by atoms with Crippen LogP contribution in [0.5, 0.6) is 0 Å². The van der Waals surface area contributed by atoms with E-state index in [1.165, 1.54) is 0 Å². The van der Waals surface area contributed by atoms with Crippen LogP contribution in [0.15, 0.2) is 12.3 Å². The number of carbonyl (C=O) groups is 1. The summed E-state index contributed by atoms with van der Waals surface area (Å²) in [6, 6.07) is 1.67. The van der Waals surface area contributed by atoms with Gasteiger partial charge in [0.05, 0.1) is 29.9 Å². The van der Waals surface area contributed by atoms with Crippen LogP contribution in [0.3, 0.4) is 0 Å². The number of aromatic nitrogens is 1. The summed E-state index contributed by atoms with van der Waals surface area (Å²) in [5.74, 6) is 0.541. The Balaban J connectivity index is 1.61. The first-order valence-corrected chi connectivity index (χ1v) is 8.00. The number of anilines is 1. The molecule has 1 N–H and O–H groups in total. The number of ether oxygens (including phenoxy) is 2. The fraction of sp³-hybridized carbons (Fsp3) is 0.600. The minimum atomic E-state index is -0.0524. The molecule has 0 aromatic carbocycles. The highest BCUT2D eigenvalue weighted by Gasteiger charge is 2.20. The predicted octanol–water partition coefficient (Wildman–Crippen LogP) is 1.80. The van der Waals surface area contributed by atoms with Crippen molar-refractivity contribution in [3.8, 4) is 0 Å². The fourth-order valence-electron chi connectivity index (χ4n) is 2.65. The van der Waals surface area contributed by atoms with Crippen molar-refractivity contribution in [2.75, 3.05) is 44.8 Å². The smallest absolute Gasteiger partial charge is 0.255 e. The van der Waals surface area contributed by atoms with Gasteiger partial charge in [-0.1, -0.05) is 11.6 Å². The highest BCUT2D eigenvalue weighted by atomic mass is 35.5. The lowest BCUT2D eigenvalue weighted by Crippen LogP contribution is -2.40. The molecule has 0 unspecified atom stereocenters. The van der Waals surface area contributed by atoms with Gasteiger partial charge in [-0.15, -0.1) is 0 Å². The van der Waals surface area contributed by atoms with E-state index >= 15 is 0 Å². The second-order valence-electron chi connectivity index (χ2n) is 5.47. The molecule has 0 aliphatic carbocycles. The Hall–Kier alpha value is -1.37. The second-order valence-corrected chi connectivity index (χ2v) is 5.88. The summed E-state index contributed by atoms with van der Waals surface area (Å²) in [6.45, 7) is 3.87. The summed E-state index contributed by atoms with van der Waals surface area (Å²) >= 11 is 6.24. The zero-order chi connectivity index (χ0) is 15.4. The first kappa shape index (κ1) is 15.5. The van der Waals surface area contributed by atoms with Gasteiger partial charge in [0.25, 0.3) is 5.91 Å². The minimum absolute atomic E-state index is 0.0524. The molecule has 2 fully saturated rings. The van der Waals surface area contributed by atoms with Gasteiger partial charge in [0.1, 0.15) is 5.82 Å². The van der Waals surface area contributed by atoms with Gasteiger partial charge in [-0.05, 0) is 18.9 Å². The van der Waals surface area contributed by atoms with E-state index in [1.807, 2.05) is 0 Å². The lowest BCUT2D eigenvalue weighted by molar-refractivity contribution is 0.0302. The van der Waals surface area contributed by atoms with Crippen molar-refractivity contribution >= 4 is 23.3 Å². The Morgan fingerprint density at radius 1 is 1.41 bits per heavy atom. The molecule has 2 aliphatic heterocycles. The van der Waals surface area contributed by atoms with Crippen molar-refractivity contribution in [3.63, 3.8) is 0 Å². The van der Waals surface area contributed by atoms with E-state index in [0.717, 1.165) is 19.4 Å². The third-order valence-electron chi connectivity index (χ3n) is 3.91. The van der Waals surface area contributed by atoms with Crippen LogP contribution in [0.1, 0.15) is 23.2 Å². The molecule has 6 nitrogen and oxygen atoms in total. The summed E-state index contributed by atoms with van der Waals surface area (Å²) in [6.07, 6.45) is 3.94. The number of rotatable bonds is 4. The maximum atomic E-state index is 12.4. The van der Waals surface area contributed by atoms with Crippen molar-refractivity contribution in [3.05, 3.63) is 22.8 Å². The zero-order valence-corrected chi connectivity index (χ0v) is 13.1. The van der Waals surface area contributed by atoms with Crippen LogP contribution in [0.4, 0.5) is 5.82 Å². The maximum Gasteiger partial charge on any atom is 0.255 e. The lowest BCUT2D eigenvalue weighted by atomic mass is 10.2. The number of carbonyl (C=O) groups excluding carboxylic acids is 1. The number of halogens is 1. The average molecular weight is 326 g/mol. The molecular weight excluding hydrogens is 306 g/mol. The van der Waals surface area contributed by atoms with E-state index in [1.54, 1.807) is 17.2 Å². The second kappa shape index (κ2) is 7.26. The number of nitrogens with one attached hydrogen (secondary N) is 1. The molecule has 0 radical (unpaired) electrons. The number of morpholine rings is 1. The van der Waals surface area contributed by atoms with Crippen molar-refractivity contribution in [2.24, 2.45) is 0 Å². The maximum absolute atomic E-state index is 12.4. The topological polar surface area (TPSA) is 63.7 Å². The number of amides is 1. The van der Waals surface area contributed by atoms with Gasteiger partial charge in [0.2, 0.25) is 0 Å². The van der Waals surface area contributed by atoms with Gasteiger partial charge in [-0.2, -0.15) is 0 Å². The molecule has 0 bridgehead atoms. The first-order valence-electron chi connectivity index (χ1n) is 7.62. The highest BCUT2D eigenvalue weighted by molar-refractivity contribution is 6.33. The van der Waals surface area contributed by atoms with Crippen LogP contribution in [-0.4, -0.2) is 61.3 Å². The number of nitrogens with zero attached hydrogens (tertiary/aromatic N) is 2. The quantitative estimate of drug-likeness (QED) is 0.914. The Kier molecular flexibility index (Phi) is 5.12. The van der Waals surface area contributed by atoms with Gasteiger partial charge < -0.3 is 19.7 Å². The first-order chi connectivity index (χ1) is 10.7. The van der Waals surface area contributed by atoms with Crippen LogP contribution < -0.4 is 5.32 Å². The Labute approximate surface area is 134 Å². The molecule has 0 saturated carbocycles. The van der Waals surface area contributed by atoms with Gasteiger partial charge in [0.15, 0.2) is 0 Å². The van der Waals surface area contributed by atoms with Gasteiger partial charge >= 0.3 is 0 Å². The summed E-state index contributed by atoms with van der Waals surface area (Å²) in [4.78, 5) is 18.4. The molecule has 22 heavy (non-hydrogen) atoms. The Morgan fingerprint density at radius 3 is 2.91 bits per heavy atom. The average Bonchev–Trinajstić information content (AvgIpc) is 3.07. The van der Waals surface area contributed by atoms with Gasteiger partial charge in [-0.25, -0.2) is 4.98 Å². The van der Waals surface area contributed by atoms with Crippen LogP contribution in [0.25, 0.3) is 0 Å². The third-order valence-corrected chi connectivity index (χ3v) is 4.20. The molecule has 1 atom stereocenters. The number of hydrogen-bond donors (Lipinski definition) is 1. The van der Waals surface area contributed by atoms with E-state index in [-0.39, 0.29) is 12.0 Å². The standard InChI is InChI=1S/C15H20ClN3O3/c16-13-8-11(15(20)19-3-6-21-7-4-19)9-17-14(13)18-10-12-2-1-5-22-12/h8-9,12H,1-7,10H2,(H,17,18)/t12-/m0/s1. The SMILES string of the molecule is O=C(c1cnc(NC[C@@H]2CCCO2)c(Cl)c1)N1CCOCC1.